The molecule has 0 aromatic heterocycles. The highest BCUT2D eigenvalue weighted by Gasteiger charge is 2.20. The number of methoxy groups -OCH3 is 2. The molecule has 0 spiro atoms. The molecule has 0 radical (unpaired) electrons. The Morgan fingerprint density at radius 2 is 1.83 bits per heavy atom. The van der Waals surface area contributed by atoms with Crippen LogP contribution in [0.2, 0.25) is 0 Å². The van der Waals surface area contributed by atoms with Gasteiger partial charge in [-0.3, -0.25) is 4.79 Å². The molecule has 0 aliphatic heterocycles. The molecule has 2 aromatic rings. The fraction of sp³-hybridized carbons (Fsp3) is 0.222. The Labute approximate surface area is 135 Å². The van der Waals surface area contributed by atoms with Gasteiger partial charge in [0.15, 0.2) is 0 Å². The average Bonchev–Trinajstić information content (AvgIpc) is 2.60. The maximum absolute atomic E-state index is 11.9. The topological polar surface area (TPSA) is 71.3 Å². The monoisotopic (exact) mass is 310 g/mol. The van der Waals surface area contributed by atoms with Crippen LogP contribution in [-0.4, -0.2) is 20.1 Å². The van der Waals surface area contributed by atoms with Crippen molar-refractivity contribution < 1.29 is 14.3 Å². The van der Waals surface area contributed by atoms with Gasteiger partial charge in [-0.2, -0.15) is 5.26 Å². The predicted octanol–water partition coefficient (Wildman–Crippen LogP) is 2.82. The Bertz CT molecular complexity index is 705. The van der Waals surface area contributed by atoms with Crippen LogP contribution in [0.1, 0.15) is 23.6 Å². The van der Waals surface area contributed by atoms with Crippen molar-refractivity contribution in [2.24, 2.45) is 0 Å². The van der Waals surface area contributed by atoms with Crippen LogP contribution in [0.4, 0.5) is 0 Å². The van der Waals surface area contributed by atoms with E-state index >= 15 is 0 Å². The quantitative estimate of drug-likeness (QED) is 0.890. The van der Waals surface area contributed by atoms with Gasteiger partial charge < -0.3 is 14.8 Å². The maximum Gasteiger partial charge on any atom is 0.234 e. The second-order valence-corrected chi connectivity index (χ2v) is 4.85. The van der Waals surface area contributed by atoms with E-state index in [-0.39, 0.29) is 12.3 Å². The van der Waals surface area contributed by atoms with Crippen LogP contribution >= 0.6 is 0 Å². The lowest BCUT2D eigenvalue weighted by atomic mass is 9.97. The van der Waals surface area contributed by atoms with Gasteiger partial charge in [0.05, 0.1) is 26.3 Å². The van der Waals surface area contributed by atoms with Crippen LogP contribution in [0.5, 0.6) is 11.5 Å². The lowest BCUT2D eigenvalue weighted by Crippen LogP contribution is -2.29. The summed E-state index contributed by atoms with van der Waals surface area (Å²) in [5, 5.41) is 11.6. The summed E-state index contributed by atoms with van der Waals surface area (Å²) in [5.74, 6) is 1.07. The van der Waals surface area contributed by atoms with Gasteiger partial charge in [-0.05, 0) is 23.8 Å². The highest BCUT2D eigenvalue weighted by atomic mass is 16.5. The van der Waals surface area contributed by atoms with Crippen molar-refractivity contribution in [3.63, 3.8) is 0 Å². The van der Waals surface area contributed by atoms with Crippen LogP contribution in [0.15, 0.2) is 48.5 Å². The summed E-state index contributed by atoms with van der Waals surface area (Å²) < 4.78 is 10.6. The van der Waals surface area contributed by atoms with E-state index in [1.165, 1.54) is 0 Å². The van der Waals surface area contributed by atoms with Crippen molar-refractivity contribution in [1.82, 2.24) is 5.32 Å². The molecule has 1 unspecified atom stereocenters. The number of rotatable bonds is 6. The van der Waals surface area contributed by atoms with Crippen LogP contribution < -0.4 is 14.8 Å². The highest BCUT2D eigenvalue weighted by molar-refractivity contribution is 5.79. The number of hydrogen-bond acceptors (Lipinski definition) is 4. The van der Waals surface area contributed by atoms with E-state index in [0.29, 0.717) is 5.75 Å². The normalized spacial score (nSPS) is 11.2. The van der Waals surface area contributed by atoms with Gasteiger partial charge >= 0.3 is 0 Å². The molecule has 5 nitrogen and oxygen atoms in total. The minimum atomic E-state index is -0.405. The van der Waals surface area contributed by atoms with E-state index in [1.807, 2.05) is 54.6 Å². The van der Waals surface area contributed by atoms with E-state index in [2.05, 4.69) is 5.32 Å². The van der Waals surface area contributed by atoms with E-state index in [9.17, 15) is 4.79 Å². The van der Waals surface area contributed by atoms with Gasteiger partial charge in [0.25, 0.3) is 0 Å². The molecule has 1 N–H and O–H groups in total. The van der Waals surface area contributed by atoms with Crippen LogP contribution in [0.3, 0.4) is 0 Å². The minimum absolute atomic E-state index is 0.193. The van der Waals surface area contributed by atoms with Gasteiger partial charge in [-0.1, -0.05) is 30.3 Å². The predicted molar refractivity (Wildman–Crippen MR) is 86.2 cm³/mol. The third kappa shape index (κ3) is 4.01. The Balaban J connectivity index is 2.42. The zero-order valence-corrected chi connectivity index (χ0v) is 13.1. The molecule has 2 aromatic carbocycles. The van der Waals surface area contributed by atoms with Crippen molar-refractivity contribution in [2.45, 2.75) is 12.5 Å². The Morgan fingerprint density at radius 1 is 1.13 bits per heavy atom. The number of nitrogens with zero attached hydrogens (tertiary/aromatic N) is 1. The number of hydrogen-bond donors (Lipinski definition) is 1. The molecule has 0 fully saturated rings. The van der Waals surface area contributed by atoms with Gasteiger partial charge in [0.2, 0.25) is 5.91 Å². The molecule has 0 saturated carbocycles. The number of amides is 1. The van der Waals surface area contributed by atoms with Crippen molar-refractivity contribution in [1.29, 1.82) is 5.26 Å². The summed E-state index contributed by atoms with van der Waals surface area (Å²) >= 11 is 0. The first kappa shape index (κ1) is 16.4. The molecule has 23 heavy (non-hydrogen) atoms. The number of nitriles is 1. The summed E-state index contributed by atoms with van der Waals surface area (Å²) in [6.45, 7) is 0. The SMILES string of the molecule is COc1ccc(C(NC(=O)CC#N)c2ccccc2OC)cc1. The second kappa shape index (κ2) is 7.85. The number of ether oxygens (including phenoxy) is 2. The largest absolute Gasteiger partial charge is 0.497 e. The van der Waals surface area contributed by atoms with Crippen LogP contribution in [-0.2, 0) is 4.79 Å². The van der Waals surface area contributed by atoms with Crippen molar-refractivity contribution in [2.75, 3.05) is 14.2 Å². The molecule has 2 rings (SSSR count). The average molecular weight is 310 g/mol. The molecule has 1 atom stereocenters. The van der Waals surface area contributed by atoms with E-state index < -0.39 is 6.04 Å². The Hall–Kier alpha value is -3.00. The molecular formula is C18H18N2O3. The van der Waals surface area contributed by atoms with Crippen molar-refractivity contribution in [3.8, 4) is 17.6 Å². The highest BCUT2D eigenvalue weighted by Crippen LogP contribution is 2.30. The lowest BCUT2D eigenvalue weighted by molar-refractivity contribution is -0.120. The Morgan fingerprint density at radius 3 is 2.43 bits per heavy atom. The third-order valence-corrected chi connectivity index (χ3v) is 3.44. The maximum atomic E-state index is 11.9. The van der Waals surface area contributed by atoms with Gasteiger partial charge in [0, 0.05) is 5.56 Å². The zero-order chi connectivity index (χ0) is 16.7. The molecule has 0 heterocycles. The number of benzene rings is 2. The first-order valence-corrected chi connectivity index (χ1v) is 7.12. The van der Waals surface area contributed by atoms with Crippen molar-refractivity contribution in [3.05, 3.63) is 59.7 Å². The van der Waals surface area contributed by atoms with Crippen LogP contribution in [0.25, 0.3) is 0 Å². The summed E-state index contributed by atoms with van der Waals surface area (Å²) in [4.78, 5) is 11.9. The second-order valence-electron chi connectivity index (χ2n) is 4.85. The third-order valence-electron chi connectivity index (χ3n) is 3.44. The summed E-state index contributed by atoms with van der Waals surface area (Å²) in [5.41, 5.74) is 1.70. The molecular weight excluding hydrogens is 292 g/mol. The van der Waals surface area contributed by atoms with Gasteiger partial charge in [0.1, 0.15) is 17.9 Å². The zero-order valence-electron chi connectivity index (χ0n) is 13.1. The van der Waals surface area contributed by atoms with E-state index in [4.69, 9.17) is 14.7 Å². The number of para-hydroxylation sites is 1. The summed E-state index contributed by atoms with van der Waals surface area (Å²) in [7, 11) is 3.18. The lowest BCUT2D eigenvalue weighted by Gasteiger charge is -2.21. The smallest absolute Gasteiger partial charge is 0.234 e. The van der Waals surface area contributed by atoms with E-state index in [0.717, 1.165) is 16.9 Å². The summed E-state index contributed by atoms with van der Waals surface area (Å²) in [6, 6.07) is 16.3. The van der Waals surface area contributed by atoms with E-state index in [1.54, 1.807) is 14.2 Å². The van der Waals surface area contributed by atoms with Crippen molar-refractivity contribution >= 4 is 5.91 Å². The molecule has 0 saturated heterocycles. The molecule has 0 bridgehead atoms. The molecule has 1 amide bonds. The summed E-state index contributed by atoms with van der Waals surface area (Å²) in [6.07, 6.45) is -0.193. The first-order chi connectivity index (χ1) is 11.2. The fourth-order valence-corrected chi connectivity index (χ4v) is 2.33. The molecule has 118 valence electrons. The minimum Gasteiger partial charge on any atom is -0.497 e. The molecule has 5 heteroatoms. The first-order valence-electron chi connectivity index (χ1n) is 7.12. The standard InChI is InChI=1S/C18H18N2O3/c1-22-14-9-7-13(8-10-14)18(20-17(21)11-12-19)15-5-3-4-6-16(15)23-2/h3-10,18H,11H2,1-2H3,(H,20,21). The fourth-order valence-electron chi connectivity index (χ4n) is 2.33. The Kier molecular flexibility index (Phi) is 5.59. The van der Waals surface area contributed by atoms with Gasteiger partial charge in [-0.15, -0.1) is 0 Å². The molecule has 0 aliphatic rings. The number of carbonyl (C=O) groups excluding carboxylic acids is 1. The van der Waals surface area contributed by atoms with Gasteiger partial charge in [-0.25, -0.2) is 0 Å². The molecule has 0 aliphatic carbocycles. The number of carbonyl (C=O) groups is 1. The number of nitrogens with one attached hydrogen (secondary N) is 1. The van der Waals surface area contributed by atoms with Crippen LogP contribution in [0, 0.1) is 11.3 Å².